The fourth-order valence-corrected chi connectivity index (χ4v) is 3.41. The molecule has 3 unspecified atom stereocenters. The van der Waals surface area contributed by atoms with E-state index in [2.05, 4.69) is 13.8 Å². The molecule has 0 aromatic heterocycles. The van der Waals surface area contributed by atoms with Crippen molar-refractivity contribution in [2.45, 2.75) is 57.5 Å². The highest BCUT2D eigenvalue weighted by atomic mass is 16.5. The summed E-state index contributed by atoms with van der Waals surface area (Å²) in [5.74, 6) is 1.36. The highest BCUT2D eigenvalue weighted by Gasteiger charge is 2.53. The second kappa shape index (κ2) is 5.36. The molecule has 0 heterocycles. The van der Waals surface area contributed by atoms with E-state index in [1.165, 1.54) is 0 Å². The molecule has 3 rings (SSSR count). The number of nitrogen functional groups attached to an aromatic ring is 1. The number of hydrogen-bond acceptors (Lipinski definition) is 3. The molecule has 2 aliphatic carbocycles. The number of esters is 1. The molecule has 0 amide bonds. The molecule has 3 heteroatoms. The van der Waals surface area contributed by atoms with E-state index in [4.69, 9.17) is 10.5 Å². The van der Waals surface area contributed by atoms with Crippen molar-refractivity contribution in [1.29, 1.82) is 0 Å². The molecule has 0 aliphatic heterocycles. The second-order valence-corrected chi connectivity index (χ2v) is 7.00. The fraction of sp³-hybridized carbons (Fsp3) is 0.611. The lowest BCUT2D eigenvalue weighted by molar-refractivity contribution is -0.155. The van der Waals surface area contributed by atoms with Crippen LogP contribution in [-0.2, 0) is 14.9 Å². The fourth-order valence-electron chi connectivity index (χ4n) is 3.41. The van der Waals surface area contributed by atoms with Gasteiger partial charge < -0.3 is 10.5 Å². The minimum atomic E-state index is -0.389. The molecule has 2 fully saturated rings. The summed E-state index contributed by atoms with van der Waals surface area (Å²) in [6.07, 6.45) is 5.08. The highest BCUT2D eigenvalue weighted by Crippen LogP contribution is 2.50. The van der Waals surface area contributed by atoms with E-state index in [1.807, 2.05) is 24.3 Å². The summed E-state index contributed by atoms with van der Waals surface area (Å²) in [4.78, 5) is 12.6. The van der Waals surface area contributed by atoms with Crippen molar-refractivity contribution >= 4 is 11.7 Å². The number of rotatable bonds is 3. The van der Waals surface area contributed by atoms with Crippen LogP contribution in [0.2, 0.25) is 0 Å². The summed E-state index contributed by atoms with van der Waals surface area (Å²) in [7, 11) is 0. The van der Waals surface area contributed by atoms with Crippen LogP contribution in [0.1, 0.15) is 51.5 Å². The molecule has 3 atom stereocenters. The Morgan fingerprint density at radius 3 is 2.38 bits per heavy atom. The molecular weight excluding hydrogens is 262 g/mol. The Kier molecular flexibility index (Phi) is 3.68. The van der Waals surface area contributed by atoms with Gasteiger partial charge in [-0.05, 0) is 61.6 Å². The SMILES string of the molecule is CC1CCC(OC(=O)C2(c3ccc(N)cc3)CC2)CC1C. The van der Waals surface area contributed by atoms with Crippen LogP contribution in [0.3, 0.4) is 0 Å². The van der Waals surface area contributed by atoms with Crippen molar-refractivity contribution in [1.82, 2.24) is 0 Å². The quantitative estimate of drug-likeness (QED) is 0.681. The highest BCUT2D eigenvalue weighted by molar-refractivity contribution is 5.86. The molecule has 1 aromatic rings. The zero-order valence-electron chi connectivity index (χ0n) is 13.0. The van der Waals surface area contributed by atoms with Gasteiger partial charge in [0.15, 0.2) is 0 Å². The molecule has 0 radical (unpaired) electrons. The first kappa shape index (κ1) is 14.4. The third kappa shape index (κ3) is 2.78. The second-order valence-electron chi connectivity index (χ2n) is 7.00. The lowest BCUT2D eigenvalue weighted by Crippen LogP contribution is -2.33. The number of nitrogens with two attached hydrogens (primary N) is 1. The van der Waals surface area contributed by atoms with E-state index < -0.39 is 0 Å². The molecule has 3 nitrogen and oxygen atoms in total. The van der Waals surface area contributed by atoms with Crippen LogP contribution in [0.4, 0.5) is 5.69 Å². The standard InChI is InChI=1S/C18H25NO2/c1-12-3-8-16(11-13(12)2)21-17(20)18(9-10-18)14-4-6-15(19)7-5-14/h4-7,12-13,16H,3,8-11,19H2,1-2H3. The number of carbonyl (C=O) groups is 1. The minimum absolute atomic E-state index is 0.0287. The van der Waals surface area contributed by atoms with Crippen LogP contribution in [0.5, 0.6) is 0 Å². The Balaban J connectivity index is 1.66. The molecule has 0 saturated heterocycles. The molecule has 0 bridgehead atoms. The van der Waals surface area contributed by atoms with Gasteiger partial charge in [-0.2, -0.15) is 0 Å². The smallest absolute Gasteiger partial charge is 0.316 e. The van der Waals surface area contributed by atoms with Crippen molar-refractivity contribution in [2.75, 3.05) is 5.73 Å². The lowest BCUT2D eigenvalue weighted by atomic mass is 9.80. The molecule has 1 aromatic carbocycles. The molecule has 2 aliphatic rings. The molecule has 2 N–H and O–H groups in total. The number of ether oxygens (including phenoxy) is 1. The number of anilines is 1. The van der Waals surface area contributed by atoms with Gasteiger partial charge in [0.2, 0.25) is 0 Å². The maximum Gasteiger partial charge on any atom is 0.316 e. The van der Waals surface area contributed by atoms with E-state index in [0.29, 0.717) is 5.92 Å². The van der Waals surface area contributed by atoms with Gasteiger partial charge in [0.1, 0.15) is 6.10 Å². The molecule has 114 valence electrons. The first-order chi connectivity index (χ1) is 10.0. The van der Waals surface area contributed by atoms with Crippen LogP contribution in [0.25, 0.3) is 0 Å². The van der Waals surface area contributed by atoms with Gasteiger partial charge in [-0.25, -0.2) is 0 Å². The van der Waals surface area contributed by atoms with E-state index in [9.17, 15) is 4.79 Å². The molecule has 2 saturated carbocycles. The lowest BCUT2D eigenvalue weighted by Gasteiger charge is -2.32. The zero-order chi connectivity index (χ0) is 15.0. The Bertz CT molecular complexity index is 519. The van der Waals surface area contributed by atoms with Crippen molar-refractivity contribution < 1.29 is 9.53 Å². The van der Waals surface area contributed by atoms with Gasteiger partial charge in [0.05, 0.1) is 5.41 Å². The van der Waals surface area contributed by atoms with Gasteiger partial charge >= 0.3 is 5.97 Å². The normalized spacial score (nSPS) is 30.7. The van der Waals surface area contributed by atoms with Gasteiger partial charge in [-0.1, -0.05) is 26.0 Å². The molecular formula is C18H25NO2. The van der Waals surface area contributed by atoms with Crippen molar-refractivity contribution in [3.05, 3.63) is 29.8 Å². The Morgan fingerprint density at radius 1 is 1.14 bits per heavy atom. The van der Waals surface area contributed by atoms with Crippen molar-refractivity contribution in [3.8, 4) is 0 Å². The third-order valence-corrected chi connectivity index (χ3v) is 5.43. The Labute approximate surface area is 126 Å². The summed E-state index contributed by atoms with van der Waals surface area (Å²) in [6, 6.07) is 7.67. The first-order valence-corrected chi connectivity index (χ1v) is 8.08. The van der Waals surface area contributed by atoms with Crippen LogP contribution in [-0.4, -0.2) is 12.1 Å². The average Bonchev–Trinajstić information content (AvgIpc) is 3.25. The van der Waals surface area contributed by atoms with Gasteiger partial charge in [0.25, 0.3) is 0 Å². The number of benzene rings is 1. The number of carbonyl (C=O) groups excluding carboxylic acids is 1. The maximum atomic E-state index is 12.6. The predicted molar refractivity (Wildman–Crippen MR) is 83.8 cm³/mol. The van der Waals surface area contributed by atoms with Crippen LogP contribution in [0.15, 0.2) is 24.3 Å². The summed E-state index contributed by atoms with van der Waals surface area (Å²) < 4.78 is 5.85. The van der Waals surface area contributed by atoms with Crippen molar-refractivity contribution in [2.24, 2.45) is 11.8 Å². The van der Waals surface area contributed by atoms with E-state index in [0.717, 1.165) is 49.3 Å². The summed E-state index contributed by atoms with van der Waals surface area (Å²) in [5.41, 5.74) is 7.13. The van der Waals surface area contributed by atoms with E-state index >= 15 is 0 Å². The van der Waals surface area contributed by atoms with Crippen LogP contribution >= 0.6 is 0 Å². The Hall–Kier alpha value is -1.51. The predicted octanol–water partition coefficient (Wildman–Crippen LogP) is 3.67. The topological polar surface area (TPSA) is 52.3 Å². The monoisotopic (exact) mass is 287 g/mol. The largest absolute Gasteiger partial charge is 0.462 e. The van der Waals surface area contributed by atoms with Crippen molar-refractivity contribution in [3.63, 3.8) is 0 Å². The first-order valence-electron chi connectivity index (χ1n) is 8.08. The summed E-state index contributed by atoms with van der Waals surface area (Å²) in [5, 5.41) is 0. The maximum absolute atomic E-state index is 12.6. The third-order valence-electron chi connectivity index (χ3n) is 5.43. The minimum Gasteiger partial charge on any atom is -0.462 e. The summed E-state index contributed by atoms with van der Waals surface area (Å²) in [6.45, 7) is 4.55. The zero-order valence-corrected chi connectivity index (χ0v) is 13.0. The van der Waals surface area contributed by atoms with Crippen LogP contribution < -0.4 is 5.73 Å². The van der Waals surface area contributed by atoms with E-state index in [-0.39, 0.29) is 17.5 Å². The van der Waals surface area contributed by atoms with Gasteiger partial charge in [-0.15, -0.1) is 0 Å². The van der Waals surface area contributed by atoms with E-state index in [1.54, 1.807) is 0 Å². The molecule has 21 heavy (non-hydrogen) atoms. The van der Waals surface area contributed by atoms with Gasteiger partial charge in [-0.3, -0.25) is 4.79 Å². The average molecular weight is 287 g/mol. The van der Waals surface area contributed by atoms with Crippen LogP contribution in [0, 0.1) is 11.8 Å². The Morgan fingerprint density at radius 2 is 1.81 bits per heavy atom. The number of hydrogen-bond donors (Lipinski definition) is 1. The summed E-state index contributed by atoms with van der Waals surface area (Å²) >= 11 is 0. The van der Waals surface area contributed by atoms with Gasteiger partial charge in [0, 0.05) is 5.69 Å². The molecule has 0 spiro atoms.